The summed E-state index contributed by atoms with van der Waals surface area (Å²) in [5.74, 6) is 0.992. The molecule has 0 unspecified atom stereocenters. The molecule has 0 aliphatic rings. The molecular formula is C13H13FN2O3. The lowest BCUT2D eigenvalue weighted by atomic mass is 10.3. The normalized spacial score (nSPS) is 10.1. The lowest BCUT2D eigenvalue weighted by Crippen LogP contribution is -2.03. The molecule has 0 atom stereocenters. The number of nitrogens with zero attached hydrogens (tertiary/aromatic N) is 2. The zero-order valence-corrected chi connectivity index (χ0v) is 10.6. The number of rotatable bonds is 5. The van der Waals surface area contributed by atoms with Crippen molar-refractivity contribution in [3.63, 3.8) is 0 Å². The highest BCUT2D eigenvalue weighted by molar-refractivity contribution is 5.42. The van der Waals surface area contributed by atoms with Crippen LogP contribution in [0.2, 0.25) is 0 Å². The fraction of sp³-hybridized carbons (Fsp3) is 0.231. The van der Waals surface area contributed by atoms with Crippen LogP contribution in [-0.2, 0) is 6.61 Å². The van der Waals surface area contributed by atoms with E-state index in [-0.39, 0.29) is 6.61 Å². The van der Waals surface area contributed by atoms with E-state index >= 15 is 0 Å². The van der Waals surface area contributed by atoms with Gasteiger partial charge in [-0.1, -0.05) is 0 Å². The smallest absolute Gasteiger partial charge is 0.213 e. The number of ether oxygens (including phenoxy) is 3. The summed E-state index contributed by atoms with van der Waals surface area (Å²) in [5, 5.41) is 0. The maximum atomic E-state index is 12.7. The van der Waals surface area contributed by atoms with Crippen molar-refractivity contribution >= 4 is 0 Å². The third-order valence-corrected chi connectivity index (χ3v) is 2.44. The molecule has 2 rings (SSSR count). The first-order chi connectivity index (χ1) is 9.24. The molecule has 0 saturated heterocycles. The molecular weight excluding hydrogens is 251 g/mol. The second kappa shape index (κ2) is 5.99. The fourth-order valence-corrected chi connectivity index (χ4v) is 1.55. The van der Waals surface area contributed by atoms with E-state index in [9.17, 15) is 4.39 Å². The lowest BCUT2D eigenvalue weighted by Gasteiger charge is -2.12. The van der Waals surface area contributed by atoms with Gasteiger partial charge in [-0.2, -0.15) is 4.39 Å². The van der Waals surface area contributed by atoms with Gasteiger partial charge in [0.1, 0.15) is 18.1 Å². The third kappa shape index (κ3) is 3.09. The molecule has 0 aliphatic heterocycles. The molecule has 6 heteroatoms. The van der Waals surface area contributed by atoms with Crippen molar-refractivity contribution in [1.82, 2.24) is 9.97 Å². The Hall–Kier alpha value is -2.37. The first kappa shape index (κ1) is 13.1. The van der Waals surface area contributed by atoms with Crippen LogP contribution in [0, 0.1) is 5.95 Å². The van der Waals surface area contributed by atoms with Gasteiger partial charge >= 0.3 is 0 Å². The van der Waals surface area contributed by atoms with E-state index < -0.39 is 5.95 Å². The molecule has 0 amide bonds. The summed E-state index contributed by atoms with van der Waals surface area (Å²) in [6, 6.07) is 4.42. The van der Waals surface area contributed by atoms with Crippen molar-refractivity contribution in [1.29, 1.82) is 0 Å². The van der Waals surface area contributed by atoms with Crippen LogP contribution in [0.5, 0.6) is 17.2 Å². The van der Waals surface area contributed by atoms with Gasteiger partial charge in [0.05, 0.1) is 20.4 Å². The second-order valence-electron chi connectivity index (χ2n) is 3.60. The molecule has 19 heavy (non-hydrogen) atoms. The summed E-state index contributed by atoms with van der Waals surface area (Å²) in [7, 11) is 3.08. The number of methoxy groups -OCH3 is 2. The van der Waals surface area contributed by atoms with Gasteiger partial charge in [0.25, 0.3) is 0 Å². The van der Waals surface area contributed by atoms with E-state index in [0.717, 1.165) is 0 Å². The molecule has 2 heterocycles. The summed E-state index contributed by atoms with van der Waals surface area (Å²) < 4.78 is 28.5. The van der Waals surface area contributed by atoms with E-state index in [1.807, 2.05) is 0 Å². The largest absolute Gasteiger partial charge is 0.493 e. The van der Waals surface area contributed by atoms with Crippen LogP contribution in [0.15, 0.2) is 30.6 Å². The summed E-state index contributed by atoms with van der Waals surface area (Å²) in [6.45, 7) is 0.174. The van der Waals surface area contributed by atoms with Gasteiger partial charge in [-0.15, -0.1) is 0 Å². The molecule has 0 aliphatic carbocycles. The number of hydrogen-bond donors (Lipinski definition) is 0. The van der Waals surface area contributed by atoms with Gasteiger partial charge in [-0.05, 0) is 12.1 Å². The van der Waals surface area contributed by atoms with E-state index in [0.29, 0.717) is 22.9 Å². The van der Waals surface area contributed by atoms with Crippen LogP contribution >= 0.6 is 0 Å². The monoisotopic (exact) mass is 264 g/mol. The number of halogens is 1. The van der Waals surface area contributed by atoms with E-state index in [2.05, 4.69) is 9.97 Å². The zero-order valence-electron chi connectivity index (χ0n) is 10.6. The van der Waals surface area contributed by atoms with Crippen LogP contribution < -0.4 is 14.2 Å². The average molecular weight is 264 g/mol. The minimum atomic E-state index is -0.551. The van der Waals surface area contributed by atoms with Crippen molar-refractivity contribution in [3.05, 3.63) is 42.2 Å². The first-order valence-electron chi connectivity index (χ1n) is 5.55. The van der Waals surface area contributed by atoms with Crippen molar-refractivity contribution in [3.8, 4) is 17.2 Å². The Balaban J connectivity index is 2.13. The maximum absolute atomic E-state index is 12.7. The minimum absolute atomic E-state index is 0.174. The first-order valence-corrected chi connectivity index (χ1v) is 5.55. The van der Waals surface area contributed by atoms with Gasteiger partial charge in [0.15, 0.2) is 11.5 Å². The van der Waals surface area contributed by atoms with Gasteiger partial charge in [-0.3, -0.25) is 4.98 Å². The topological polar surface area (TPSA) is 53.5 Å². The van der Waals surface area contributed by atoms with Gasteiger partial charge in [-0.25, -0.2) is 4.98 Å². The molecule has 0 radical (unpaired) electrons. The summed E-state index contributed by atoms with van der Waals surface area (Å²) in [6.07, 6.45) is 2.91. The van der Waals surface area contributed by atoms with Crippen molar-refractivity contribution < 1.29 is 18.6 Å². The van der Waals surface area contributed by atoms with Gasteiger partial charge in [0.2, 0.25) is 5.95 Å². The van der Waals surface area contributed by atoms with E-state index in [4.69, 9.17) is 14.2 Å². The van der Waals surface area contributed by atoms with Crippen LogP contribution in [0.4, 0.5) is 4.39 Å². The molecule has 0 bridgehead atoms. The Morgan fingerprint density at radius 3 is 2.58 bits per heavy atom. The van der Waals surface area contributed by atoms with Crippen LogP contribution in [0.1, 0.15) is 5.69 Å². The van der Waals surface area contributed by atoms with Crippen molar-refractivity contribution in [2.75, 3.05) is 14.2 Å². The maximum Gasteiger partial charge on any atom is 0.213 e. The fourth-order valence-electron chi connectivity index (χ4n) is 1.55. The standard InChI is InChI=1S/C13H13FN2O3/c1-17-11-5-6-15-10(13(11)18-2)8-19-9-3-4-12(14)16-7-9/h3-7H,8H2,1-2H3. The Morgan fingerprint density at radius 2 is 1.95 bits per heavy atom. The predicted molar refractivity (Wildman–Crippen MR) is 65.9 cm³/mol. The van der Waals surface area contributed by atoms with Gasteiger partial charge in [0, 0.05) is 12.3 Å². The zero-order chi connectivity index (χ0) is 13.7. The Labute approximate surface area is 110 Å². The van der Waals surface area contributed by atoms with E-state index in [1.54, 1.807) is 19.4 Å². The highest BCUT2D eigenvalue weighted by Gasteiger charge is 2.11. The molecule has 0 N–H and O–H groups in total. The molecule has 0 fully saturated rings. The van der Waals surface area contributed by atoms with E-state index in [1.165, 1.54) is 25.4 Å². The lowest BCUT2D eigenvalue weighted by molar-refractivity contribution is 0.283. The highest BCUT2D eigenvalue weighted by Crippen LogP contribution is 2.29. The Morgan fingerprint density at radius 1 is 1.11 bits per heavy atom. The number of aromatic nitrogens is 2. The van der Waals surface area contributed by atoms with Crippen molar-refractivity contribution in [2.24, 2.45) is 0 Å². The molecule has 0 saturated carbocycles. The van der Waals surface area contributed by atoms with Crippen LogP contribution in [-0.4, -0.2) is 24.2 Å². The van der Waals surface area contributed by atoms with Gasteiger partial charge < -0.3 is 14.2 Å². The molecule has 2 aromatic heterocycles. The molecule has 0 spiro atoms. The molecule has 0 aromatic carbocycles. The molecule has 2 aromatic rings. The number of pyridine rings is 2. The van der Waals surface area contributed by atoms with Crippen LogP contribution in [0.25, 0.3) is 0 Å². The summed E-state index contributed by atoms with van der Waals surface area (Å²) in [4.78, 5) is 7.67. The summed E-state index contributed by atoms with van der Waals surface area (Å²) in [5.41, 5.74) is 0.589. The Kier molecular flexibility index (Phi) is 4.12. The number of hydrogen-bond acceptors (Lipinski definition) is 5. The molecule has 100 valence electrons. The van der Waals surface area contributed by atoms with Crippen molar-refractivity contribution in [2.45, 2.75) is 6.61 Å². The SMILES string of the molecule is COc1ccnc(COc2ccc(F)nc2)c1OC. The summed E-state index contributed by atoms with van der Waals surface area (Å²) >= 11 is 0. The highest BCUT2D eigenvalue weighted by atomic mass is 19.1. The average Bonchev–Trinajstić information content (AvgIpc) is 2.46. The quantitative estimate of drug-likeness (QED) is 0.775. The van der Waals surface area contributed by atoms with Crippen LogP contribution in [0.3, 0.4) is 0 Å². The molecule has 5 nitrogen and oxygen atoms in total. The Bertz CT molecular complexity index is 546. The minimum Gasteiger partial charge on any atom is -0.493 e. The third-order valence-electron chi connectivity index (χ3n) is 2.44. The second-order valence-corrected chi connectivity index (χ2v) is 3.60. The predicted octanol–water partition coefficient (Wildman–Crippen LogP) is 2.21.